The molecule has 4 nitrogen and oxygen atoms in total. The van der Waals surface area contributed by atoms with Crippen LogP contribution in [0.25, 0.3) is 0 Å². The Balaban J connectivity index is 2.74. The molecule has 0 saturated heterocycles. The Hall–Kier alpha value is -1.49. The van der Waals surface area contributed by atoms with Crippen molar-refractivity contribution in [3.05, 3.63) is 18.2 Å². The van der Waals surface area contributed by atoms with E-state index in [-0.39, 0.29) is 0 Å². The van der Waals surface area contributed by atoms with Gasteiger partial charge in [0, 0.05) is 37.0 Å². The van der Waals surface area contributed by atoms with E-state index >= 15 is 0 Å². The Kier molecular flexibility index (Phi) is 10.2. The van der Waals surface area contributed by atoms with E-state index < -0.39 is 0 Å². The predicted molar refractivity (Wildman–Crippen MR) is 106 cm³/mol. The van der Waals surface area contributed by atoms with Gasteiger partial charge in [0.05, 0.1) is 14.2 Å². The molecule has 0 unspecified atom stereocenters. The number of hydrogen-bond donors (Lipinski definition) is 1. The van der Waals surface area contributed by atoms with Crippen LogP contribution >= 0.6 is 12.2 Å². The topological polar surface area (TPSA) is 33.7 Å². The summed E-state index contributed by atoms with van der Waals surface area (Å²) in [5, 5.41) is 4.12. The zero-order chi connectivity index (χ0) is 17.8. The van der Waals surface area contributed by atoms with Crippen molar-refractivity contribution in [2.24, 2.45) is 0 Å². The van der Waals surface area contributed by atoms with Crippen molar-refractivity contribution in [2.75, 3.05) is 32.6 Å². The van der Waals surface area contributed by atoms with Crippen LogP contribution in [0.4, 0.5) is 5.69 Å². The number of ether oxygens (including phenoxy) is 2. The summed E-state index contributed by atoms with van der Waals surface area (Å²) in [6.45, 7) is 6.45. The van der Waals surface area contributed by atoms with Crippen molar-refractivity contribution in [3.63, 3.8) is 0 Å². The fraction of sp³-hybridized carbons (Fsp3) is 0.632. The molecule has 0 amide bonds. The molecule has 0 aliphatic rings. The summed E-state index contributed by atoms with van der Waals surface area (Å²) in [7, 11) is 3.30. The fourth-order valence-corrected chi connectivity index (χ4v) is 2.80. The van der Waals surface area contributed by atoms with E-state index in [1.54, 1.807) is 14.2 Å². The molecular weight excluding hydrogens is 320 g/mol. The maximum Gasteiger partial charge on any atom is 0.173 e. The Bertz CT molecular complexity index is 462. The molecular formula is C19H32N2O2S. The minimum Gasteiger partial charge on any atom is -0.497 e. The first-order valence-corrected chi connectivity index (χ1v) is 9.34. The van der Waals surface area contributed by atoms with Gasteiger partial charge in [-0.3, -0.25) is 0 Å². The molecule has 0 fully saturated rings. The van der Waals surface area contributed by atoms with Crippen LogP contribution < -0.4 is 14.8 Å². The van der Waals surface area contributed by atoms with Crippen LogP contribution in [-0.4, -0.2) is 37.3 Å². The number of nitrogens with one attached hydrogen (secondary N) is 1. The smallest absolute Gasteiger partial charge is 0.173 e. The number of hydrogen-bond acceptors (Lipinski definition) is 3. The molecule has 0 radical (unpaired) electrons. The molecule has 0 heterocycles. The lowest BCUT2D eigenvalue weighted by molar-refractivity contribution is 0.393. The number of unbranched alkanes of at least 4 members (excludes halogenated alkanes) is 4. The largest absolute Gasteiger partial charge is 0.497 e. The molecule has 0 saturated carbocycles. The van der Waals surface area contributed by atoms with Gasteiger partial charge in [-0.2, -0.15) is 0 Å². The lowest BCUT2D eigenvalue weighted by Gasteiger charge is -2.26. The number of nitrogens with zero attached hydrogens (tertiary/aromatic N) is 1. The van der Waals surface area contributed by atoms with Gasteiger partial charge < -0.3 is 19.7 Å². The second-order valence-electron chi connectivity index (χ2n) is 5.93. The molecule has 0 aromatic heterocycles. The zero-order valence-electron chi connectivity index (χ0n) is 15.6. The summed E-state index contributed by atoms with van der Waals surface area (Å²) in [5.41, 5.74) is 0.896. The molecule has 1 aromatic carbocycles. The Morgan fingerprint density at radius 1 is 0.917 bits per heavy atom. The van der Waals surface area contributed by atoms with Crippen LogP contribution in [0, 0.1) is 0 Å². The lowest BCUT2D eigenvalue weighted by Crippen LogP contribution is -2.36. The van der Waals surface area contributed by atoms with E-state index in [1.165, 1.54) is 38.5 Å². The molecule has 1 N–H and O–H groups in total. The van der Waals surface area contributed by atoms with Crippen LogP contribution in [0.2, 0.25) is 0 Å². The molecule has 136 valence electrons. The molecule has 0 aliphatic carbocycles. The summed E-state index contributed by atoms with van der Waals surface area (Å²) in [4.78, 5) is 2.28. The third-order valence-corrected chi connectivity index (χ3v) is 4.31. The number of methoxy groups -OCH3 is 2. The SMILES string of the molecule is CCCCCN(CCCCC)C(=S)Nc1cc(OC)cc(OC)c1. The first-order valence-electron chi connectivity index (χ1n) is 8.93. The van der Waals surface area contributed by atoms with E-state index in [0.29, 0.717) is 0 Å². The number of anilines is 1. The highest BCUT2D eigenvalue weighted by molar-refractivity contribution is 7.80. The zero-order valence-corrected chi connectivity index (χ0v) is 16.4. The first kappa shape index (κ1) is 20.6. The highest BCUT2D eigenvalue weighted by atomic mass is 32.1. The maximum atomic E-state index is 5.65. The maximum absolute atomic E-state index is 5.65. The van der Waals surface area contributed by atoms with Crippen LogP contribution in [-0.2, 0) is 0 Å². The van der Waals surface area contributed by atoms with E-state index in [9.17, 15) is 0 Å². The third-order valence-electron chi connectivity index (χ3n) is 3.95. The van der Waals surface area contributed by atoms with Crippen molar-refractivity contribution in [1.82, 2.24) is 4.90 Å². The monoisotopic (exact) mass is 352 g/mol. The number of thiocarbonyl (C=S) groups is 1. The summed E-state index contributed by atoms with van der Waals surface area (Å²) < 4.78 is 10.6. The molecule has 0 bridgehead atoms. The molecule has 1 rings (SSSR count). The summed E-state index contributed by atoms with van der Waals surface area (Å²) in [6.07, 6.45) is 7.25. The van der Waals surface area contributed by atoms with Gasteiger partial charge in [0.2, 0.25) is 0 Å². The van der Waals surface area contributed by atoms with Gasteiger partial charge in [0.25, 0.3) is 0 Å². The Morgan fingerprint density at radius 3 is 1.83 bits per heavy atom. The second-order valence-corrected chi connectivity index (χ2v) is 6.32. The predicted octanol–water partition coefficient (Wildman–Crippen LogP) is 5.08. The molecule has 0 aliphatic heterocycles. The third kappa shape index (κ3) is 7.39. The van der Waals surface area contributed by atoms with Gasteiger partial charge in [-0.25, -0.2) is 0 Å². The first-order chi connectivity index (χ1) is 11.6. The van der Waals surface area contributed by atoms with Gasteiger partial charge in [0.15, 0.2) is 5.11 Å². The van der Waals surface area contributed by atoms with Crippen molar-refractivity contribution in [2.45, 2.75) is 52.4 Å². The summed E-state index contributed by atoms with van der Waals surface area (Å²) in [6, 6.07) is 5.73. The average Bonchev–Trinajstić information content (AvgIpc) is 2.60. The van der Waals surface area contributed by atoms with Crippen molar-refractivity contribution in [1.29, 1.82) is 0 Å². The van der Waals surface area contributed by atoms with E-state index in [4.69, 9.17) is 21.7 Å². The number of rotatable bonds is 11. The summed E-state index contributed by atoms with van der Waals surface area (Å²) in [5.74, 6) is 1.51. The summed E-state index contributed by atoms with van der Waals surface area (Å²) >= 11 is 5.65. The average molecular weight is 353 g/mol. The highest BCUT2D eigenvalue weighted by Crippen LogP contribution is 2.26. The quantitative estimate of drug-likeness (QED) is 0.443. The van der Waals surface area contributed by atoms with Gasteiger partial charge in [-0.1, -0.05) is 39.5 Å². The van der Waals surface area contributed by atoms with E-state index in [2.05, 4.69) is 24.1 Å². The van der Waals surface area contributed by atoms with Gasteiger partial charge in [0.1, 0.15) is 11.5 Å². The minimum absolute atomic E-state index is 0.753. The van der Waals surface area contributed by atoms with Crippen molar-refractivity contribution >= 4 is 23.0 Å². The Morgan fingerprint density at radius 2 is 1.42 bits per heavy atom. The molecule has 0 atom stereocenters. The second kappa shape index (κ2) is 12.0. The van der Waals surface area contributed by atoms with Crippen molar-refractivity contribution in [3.8, 4) is 11.5 Å². The highest BCUT2D eigenvalue weighted by Gasteiger charge is 2.11. The molecule has 1 aromatic rings. The molecule has 5 heteroatoms. The van der Waals surface area contributed by atoms with Gasteiger partial charge in [-0.05, 0) is 25.1 Å². The van der Waals surface area contributed by atoms with Gasteiger partial charge in [-0.15, -0.1) is 0 Å². The lowest BCUT2D eigenvalue weighted by atomic mass is 10.2. The normalized spacial score (nSPS) is 10.3. The van der Waals surface area contributed by atoms with Gasteiger partial charge >= 0.3 is 0 Å². The number of benzene rings is 1. The van der Waals surface area contributed by atoms with Crippen LogP contribution in [0.15, 0.2) is 18.2 Å². The van der Waals surface area contributed by atoms with E-state index in [0.717, 1.165) is 35.4 Å². The molecule has 0 spiro atoms. The molecule has 24 heavy (non-hydrogen) atoms. The van der Waals surface area contributed by atoms with Crippen LogP contribution in [0.5, 0.6) is 11.5 Å². The Labute approximate surface area is 152 Å². The standard InChI is InChI=1S/C19H32N2O2S/c1-5-7-9-11-21(12-10-8-6-2)19(24)20-16-13-17(22-3)15-18(14-16)23-4/h13-15H,5-12H2,1-4H3,(H,20,24). The van der Waals surface area contributed by atoms with E-state index in [1.807, 2.05) is 18.2 Å². The van der Waals surface area contributed by atoms with Crippen molar-refractivity contribution < 1.29 is 9.47 Å². The fourth-order valence-electron chi connectivity index (χ4n) is 2.50. The minimum atomic E-state index is 0.753. The van der Waals surface area contributed by atoms with Crippen LogP contribution in [0.3, 0.4) is 0 Å². The van der Waals surface area contributed by atoms with Crippen LogP contribution in [0.1, 0.15) is 52.4 Å².